The second kappa shape index (κ2) is 2.99. The quantitative estimate of drug-likeness (QED) is 0.735. The molecule has 0 aliphatic carbocycles. The molecule has 2 rings (SSSR count). The Morgan fingerprint density at radius 2 is 2.14 bits per heavy atom. The van der Waals surface area contributed by atoms with Gasteiger partial charge in [-0.25, -0.2) is 4.79 Å². The Bertz CT molecular complexity index is 510. The van der Waals surface area contributed by atoms with Gasteiger partial charge in [0.15, 0.2) is 0 Å². The van der Waals surface area contributed by atoms with E-state index in [9.17, 15) is 9.59 Å². The highest BCUT2D eigenvalue weighted by Crippen LogP contribution is 2.20. The lowest BCUT2D eigenvalue weighted by molar-refractivity contribution is 0.0665. The first-order valence-corrected chi connectivity index (χ1v) is 3.93. The molecule has 1 heterocycles. The molecular formula is C10H6O4. The molecule has 4 heteroatoms. The van der Waals surface area contributed by atoms with Gasteiger partial charge in [0, 0.05) is 10.9 Å². The van der Waals surface area contributed by atoms with Gasteiger partial charge in [-0.05, 0) is 24.3 Å². The van der Waals surface area contributed by atoms with Crippen molar-refractivity contribution in [3.63, 3.8) is 0 Å². The first kappa shape index (κ1) is 8.50. The number of carbonyl (C=O) groups excluding carboxylic acids is 1. The molecule has 0 saturated heterocycles. The predicted octanol–water partition coefficient (Wildman–Crippen LogP) is 1.94. The molecule has 2 aromatic rings. The Balaban J connectivity index is 2.65. The smallest absolute Gasteiger partial charge is 0.371 e. The van der Waals surface area contributed by atoms with Gasteiger partial charge in [-0.2, -0.15) is 0 Å². The van der Waals surface area contributed by atoms with Crippen LogP contribution in [-0.4, -0.2) is 17.4 Å². The van der Waals surface area contributed by atoms with Gasteiger partial charge in [0.2, 0.25) is 5.76 Å². The highest BCUT2D eigenvalue weighted by Gasteiger charge is 2.10. The second-order valence-electron chi connectivity index (χ2n) is 2.83. The average Bonchev–Trinajstić information content (AvgIpc) is 2.59. The zero-order valence-electron chi connectivity index (χ0n) is 7.06. The van der Waals surface area contributed by atoms with Crippen molar-refractivity contribution < 1.29 is 19.1 Å². The lowest BCUT2D eigenvalue weighted by atomic mass is 10.2. The molecule has 0 aliphatic rings. The van der Waals surface area contributed by atoms with E-state index in [0.29, 0.717) is 22.8 Å². The normalized spacial score (nSPS) is 10.3. The van der Waals surface area contributed by atoms with Crippen LogP contribution in [0, 0.1) is 0 Å². The lowest BCUT2D eigenvalue weighted by Crippen LogP contribution is -1.91. The summed E-state index contributed by atoms with van der Waals surface area (Å²) >= 11 is 0. The number of furan rings is 1. The van der Waals surface area contributed by atoms with Gasteiger partial charge in [0.05, 0.1) is 0 Å². The Labute approximate surface area is 78.8 Å². The fraction of sp³-hybridized carbons (Fsp3) is 0. The maximum atomic E-state index is 10.6. The molecule has 0 amide bonds. The Morgan fingerprint density at radius 3 is 2.79 bits per heavy atom. The summed E-state index contributed by atoms with van der Waals surface area (Å²) in [5, 5.41) is 9.27. The van der Waals surface area contributed by atoms with Gasteiger partial charge in [-0.1, -0.05) is 0 Å². The van der Waals surface area contributed by atoms with E-state index in [0.717, 1.165) is 0 Å². The standard InChI is InChI=1S/C10H6O4/c11-5-6-1-2-8-7(3-6)4-9(14-8)10(12)13/h1-5H,(H,12,13). The fourth-order valence-corrected chi connectivity index (χ4v) is 1.24. The first-order chi connectivity index (χ1) is 6.70. The van der Waals surface area contributed by atoms with E-state index < -0.39 is 5.97 Å². The van der Waals surface area contributed by atoms with E-state index in [1.165, 1.54) is 6.07 Å². The van der Waals surface area contributed by atoms with Crippen molar-refractivity contribution >= 4 is 23.2 Å². The van der Waals surface area contributed by atoms with Gasteiger partial charge in [-0.3, -0.25) is 4.79 Å². The Hall–Kier alpha value is -2.10. The van der Waals surface area contributed by atoms with Crippen LogP contribution in [0.25, 0.3) is 11.0 Å². The number of hydrogen-bond acceptors (Lipinski definition) is 3. The van der Waals surface area contributed by atoms with Gasteiger partial charge in [0.1, 0.15) is 11.9 Å². The van der Waals surface area contributed by atoms with Gasteiger partial charge < -0.3 is 9.52 Å². The molecule has 0 aliphatic heterocycles. The van der Waals surface area contributed by atoms with Crippen molar-refractivity contribution in [1.82, 2.24) is 0 Å². The number of fused-ring (bicyclic) bond motifs is 1. The molecule has 0 saturated carbocycles. The second-order valence-corrected chi connectivity index (χ2v) is 2.83. The van der Waals surface area contributed by atoms with Crippen LogP contribution in [0.5, 0.6) is 0 Å². The van der Waals surface area contributed by atoms with Crippen molar-refractivity contribution in [2.45, 2.75) is 0 Å². The minimum atomic E-state index is -1.12. The van der Waals surface area contributed by atoms with Crippen LogP contribution < -0.4 is 0 Å². The molecule has 0 atom stereocenters. The van der Waals surface area contributed by atoms with Crippen LogP contribution in [0.4, 0.5) is 0 Å². The van der Waals surface area contributed by atoms with Crippen molar-refractivity contribution in [2.24, 2.45) is 0 Å². The number of hydrogen-bond donors (Lipinski definition) is 1. The van der Waals surface area contributed by atoms with E-state index in [1.807, 2.05) is 0 Å². The van der Waals surface area contributed by atoms with Crippen molar-refractivity contribution in [3.8, 4) is 0 Å². The summed E-state index contributed by atoms with van der Waals surface area (Å²) in [6.07, 6.45) is 0.701. The maximum Gasteiger partial charge on any atom is 0.371 e. The first-order valence-electron chi connectivity index (χ1n) is 3.93. The van der Waals surface area contributed by atoms with Crippen LogP contribution in [0.3, 0.4) is 0 Å². The number of carboxylic acid groups (broad SMARTS) is 1. The summed E-state index contributed by atoms with van der Waals surface area (Å²) < 4.78 is 5.01. The number of benzene rings is 1. The predicted molar refractivity (Wildman–Crippen MR) is 48.6 cm³/mol. The van der Waals surface area contributed by atoms with E-state index in [2.05, 4.69) is 0 Å². The van der Waals surface area contributed by atoms with Crippen LogP contribution in [0.1, 0.15) is 20.9 Å². The van der Waals surface area contributed by atoms with Crippen LogP contribution in [0.2, 0.25) is 0 Å². The molecule has 0 radical (unpaired) electrons. The van der Waals surface area contributed by atoms with Crippen LogP contribution in [0.15, 0.2) is 28.7 Å². The molecule has 1 N–H and O–H groups in total. The lowest BCUT2D eigenvalue weighted by Gasteiger charge is -1.88. The van der Waals surface area contributed by atoms with Crippen LogP contribution >= 0.6 is 0 Å². The summed E-state index contributed by atoms with van der Waals surface area (Å²) in [6, 6.07) is 6.12. The summed E-state index contributed by atoms with van der Waals surface area (Å²) in [7, 11) is 0. The van der Waals surface area contributed by atoms with Crippen molar-refractivity contribution in [3.05, 3.63) is 35.6 Å². The van der Waals surface area contributed by atoms with Crippen LogP contribution in [-0.2, 0) is 0 Å². The molecule has 1 aromatic heterocycles. The van der Waals surface area contributed by atoms with Gasteiger partial charge in [0.25, 0.3) is 0 Å². The monoisotopic (exact) mass is 190 g/mol. The molecule has 70 valence electrons. The minimum Gasteiger partial charge on any atom is -0.475 e. The number of rotatable bonds is 2. The Morgan fingerprint density at radius 1 is 1.36 bits per heavy atom. The summed E-state index contributed by atoms with van der Waals surface area (Å²) in [4.78, 5) is 21.0. The zero-order chi connectivity index (χ0) is 10.1. The number of aldehydes is 1. The largest absolute Gasteiger partial charge is 0.475 e. The molecule has 0 bridgehead atoms. The van der Waals surface area contributed by atoms with E-state index in [4.69, 9.17) is 9.52 Å². The van der Waals surface area contributed by atoms with Gasteiger partial charge >= 0.3 is 5.97 Å². The molecule has 4 nitrogen and oxygen atoms in total. The van der Waals surface area contributed by atoms with Crippen molar-refractivity contribution in [1.29, 1.82) is 0 Å². The third-order valence-corrected chi connectivity index (χ3v) is 1.89. The third kappa shape index (κ3) is 1.26. The molecule has 0 fully saturated rings. The van der Waals surface area contributed by atoms with E-state index >= 15 is 0 Å². The number of aromatic carboxylic acids is 1. The third-order valence-electron chi connectivity index (χ3n) is 1.89. The number of carbonyl (C=O) groups is 2. The SMILES string of the molecule is O=Cc1ccc2oc(C(=O)O)cc2c1. The molecule has 1 aromatic carbocycles. The maximum absolute atomic E-state index is 10.6. The molecule has 14 heavy (non-hydrogen) atoms. The minimum absolute atomic E-state index is 0.122. The molecule has 0 spiro atoms. The number of carboxylic acids is 1. The fourth-order valence-electron chi connectivity index (χ4n) is 1.24. The van der Waals surface area contributed by atoms with Crippen molar-refractivity contribution in [2.75, 3.05) is 0 Å². The van der Waals surface area contributed by atoms with E-state index in [-0.39, 0.29) is 5.76 Å². The average molecular weight is 190 g/mol. The van der Waals surface area contributed by atoms with E-state index in [1.54, 1.807) is 18.2 Å². The topological polar surface area (TPSA) is 67.5 Å². The summed E-state index contributed by atoms with van der Waals surface area (Å²) in [5.41, 5.74) is 0.961. The van der Waals surface area contributed by atoms with Gasteiger partial charge in [-0.15, -0.1) is 0 Å². The summed E-state index contributed by atoms with van der Waals surface area (Å²) in [5.74, 6) is -1.24. The molecule has 0 unspecified atom stereocenters. The highest BCUT2D eigenvalue weighted by molar-refractivity contribution is 5.93. The molecular weight excluding hydrogens is 184 g/mol. The summed E-state index contributed by atoms with van der Waals surface area (Å²) in [6.45, 7) is 0. The highest BCUT2D eigenvalue weighted by atomic mass is 16.4. The zero-order valence-corrected chi connectivity index (χ0v) is 7.06. The Kier molecular flexibility index (Phi) is 1.81.